The zero-order valence-electron chi connectivity index (χ0n) is 13.4. The van der Waals surface area contributed by atoms with Gasteiger partial charge in [-0.3, -0.25) is 4.79 Å². The van der Waals surface area contributed by atoms with E-state index < -0.39 is 5.97 Å². The Hall–Kier alpha value is -1.84. The van der Waals surface area contributed by atoms with Crippen molar-refractivity contribution in [2.45, 2.75) is 39.5 Å². The van der Waals surface area contributed by atoms with Gasteiger partial charge in [0.25, 0.3) is 0 Å². The first-order valence-electron chi connectivity index (χ1n) is 8.06. The van der Waals surface area contributed by atoms with E-state index in [2.05, 4.69) is 13.8 Å². The molecule has 1 fully saturated rings. The second-order valence-corrected chi connectivity index (χ2v) is 6.59. The van der Waals surface area contributed by atoms with E-state index in [9.17, 15) is 14.7 Å². The van der Waals surface area contributed by atoms with Crippen LogP contribution in [-0.4, -0.2) is 35.0 Å². The van der Waals surface area contributed by atoms with Gasteiger partial charge in [0.2, 0.25) is 5.91 Å². The van der Waals surface area contributed by atoms with Gasteiger partial charge in [0.1, 0.15) is 0 Å². The monoisotopic (exact) mass is 303 g/mol. The van der Waals surface area contributed by atoms with Crippen molar-refractivity contribution in [3.63, 3.8) is 0 Å². The number of nitrogens with zero attached hydrogens (tertiary/aromatic N) is 1. The minimum absolute atomic E-state index is 0.249. The summed E-state index contributed by atoms with van der Waals surface area (Å²) < 4.78 is 0. The van der Waals surface area contributed by atoms with Crippen LogP contribution in [0, 0.1) is 11.8 Å². The third kappa shape index (κ3) is 4.33. The minimum atomic E-state index is -0.861. The van der Waals surface area contributed by atoms with Crippen molar-refractivity contribution in [3.8, 4) is 0 Å². The Labute approximate surface area is 132 Å². The molecule has 1 aliphatic heterocycles. The number of hydrogen-bond donors (Lipinski definition) is 1. The molecule has 0 radical (unpaired) electrons. The number of hydrogen-bond acceptors (Lipinski definition) is 2. The highest BCUT2D eigenvalue weighted by atomic mass is 16.4. The first-order valence-corrected chi connectivity index (χ1v) is 8.06. The van der Waals surface area contributed by atoms with Crippen molar-refractivity contribution in [3.05, 3.63) is 35.4 Å². The zero-order valence-corrected chi connectivity index (χ0v) is 13.4. The normalized spacial score (nSPS) is 16.0. The van der Waals surface area contributed by atoms with Gasteiger partial charge in [0.15, 0.2) is 0 Å². The number of likely N-dealkylation sites (tertiary alicyclic amines) is 1. The summed E-state index contributed by atoms with van der Waals surface area (Å²) in [5.41, 5.74) is 1.31. The molecule has 1 saturated heterocycles. The largest absolute Gasteiger partial charge is 0.478 e. The topological polar surface area (TPSA) is 57.6 Å². The van der Waals surface area contributed by atoms with Crippen molar-refractivity contribution in [1.82, 2.24) is 4.90 Å². The summed E-state index contributed by atoms with van der Waals surface area (Å²) in [7, 11) is 0. The van der Waals surface area contributed by atoms with E-state index in [-0.39, 0.29) is 5.91 Å². The summed E-state index contributed by atoms with van der Waals surface area (Å²) in [5, 5.41) is 9.24. The van der Waals surface area contributed by atoms with E-state index in [4.69, 9.17) is 0 Å². The number of aromatic carboxylic acids is 1. The summed E-state index contributed by atoms with van der Waals surface area (Å²) in [5.74, 6) is 0.246. The second kappa shape index (κ2) is 7.43. The SMILES string of the molecule is CC(C)CC(=O)N1CCC(Cc2ccccc2C(=O)O)CC1. The van der Waals surface area contributed by atoms with Crippen molar-refractivity contribution in [2.24, 2.45) is 11.8 Å². The predicted octanol–water partition coefficient (Wildman–Crippen LogP) is 3.21. The molecule has 1 aliphatic rings. The smallest absolute Gasteiger partial charge is 0.335 e. The van der Waals surface area contributed by atoms with Gasteiger partial charge in [-0.1, -0.05) is 32.0 Å². The van der Waals surface area contributed by atoms with Gasteiger partial charge >= 0.3 is 5.97 Å². The molecule has 0 bridgehead atoms. The molecule has 22 heavy (non-hydrogen) atoms. The van der Waals surface area contributed by atoms with Crippen molar-refractivity contribution >= 4 is 11.9 Å². The maximum Gasteiger partial charge on any atom is 0.335 e. The van der Waals surface area contributed by atoms with Gasteiger partial charge in [0.05, 0.1) is 5.56 Å². The molecule has 0 aliphatic carbocycles. The molecule has 4 nitrogen and oxygen atoms in total. The van der Waals surface area contributed by atoms with Crippen molar-refractivity contribution in [1.29, 1.82) is 0 Å². The van der Waals surface area contributed by atoms with E-state index >= 15 is 0 Å². The molecule has 120 valence electrons. The van der Waals surface area contributed by atoms with E-state index in [1.165, 1.54) is 0 Å². The molecular weight excluding hydrogens is 278 g/mol. The summed E-state index contributed by atoms with van der Waals surface area (Å²) in [6.45, 7) is 5.72. The lowest BCUT2D eigenvalue weighted by Crippen LogP contribution is -2.39. The Morgan fingerprint density at radius 3 is 2.45 bits per heavy atom. The fraction of sp³-hybridized carbons (Fsp3) is 0.556. The lowest BCUT2D eigenvalue weighted by molar-refractivity contribution is -0.133. The molecule has 1 amide bonds. The average molecular weight is 303 g/mol. The average Bonchev–Trinajstić information content (AvgIpc) is 2.47. The summed E-state index contributed by atoms with van der Waals surface area (Å²) in [6, 6.07) is 7.22. The number of benzene rings is 1. The Kier molecular flexibility index (Phi) is 5.58. The van der Waals surface area contributed by atoms with Crippen LogP contribution < -0.4 is 0 Å². The molecule has 1 N–H and O–H groups in total. The summed E-state index contributed by atoms with van der Waals surface area (Å²) >= 11 is 0. The first kappa shape index (κ1) is 16.5. The van der Waals surface area contributed by atoms with Crippen LogP contribution in [0.3, 0.4) is 0 Å². The van der Waals surface area contributed by atoms with Gasteiger partial charge in [0, 0.05) is 19.5 Å². The highest BCUT2D eigenvalue weighted by Gasteiger charge is 2.24. The molecule has 2 rings (SSSR count). The molecule has 0 unspecified atom stereocenters. The van der Waals surface area contributed by atoms with Gasteiger partial charge < -0.3 is 10.0 Å². The number of amides is 1. The van der Waals surface area contributed by atoms with Gasteiger partial charge in [-0.05, 0) is 42.7 Å². The summed E-state index contributed by atoms with van der Waals surface area (Å²) in [6.07, 6.45) is 3.32. The fourth-order valence-corrected chi connectivity index (χ4v) is 3.08. The Morgan fingerprint density at radius 2 is 1.86 bits per heavy atom. The number of carboxylic acid groups (broad SMARTS) is 1. The molecular formula is C18H25NO3. The maximum absolute atomic E-state index is 12.1. The number of carbonyl (C=O) groups excluding carboxylic acids is 1. The fourth-order valence-electron chi connectivity index (χ4n) is 3.08. The highest BCUT2D eigenvalue weighted by molar-refractivity contribution is 5.89. The summed E-state index contributed by atoms with van der Waals surface area (Å²) in [4.78, 5) is 25.3. The van der Waals surface area contributed by atoms with Crippen LogP contribution >= 0.6 is 0 Å². The van der Waals surface area contributed by atoms with Gasteiger partial charge in [-0.25, -0.2) is 4.79 Å². The van der Waals surface area contributed by atoms with Crippen LogP contribution in [-0.2, 0) is 11.2 Å². The molecule has 4 heteroatoms. The van der Waals surface area contributed by atoms with Crippen LogP contribution in [0.25, 0.3) is 0 Å². The number of carboxylic acids is 1. The van der Waals surface area contributed by atoms with Crippen LogP contribution in [0.15, 0.2) is 24.3 Å². The Bertz CT molecular complexity index is 531. The number of carbonyl (C=O) groups is 2. The third-order valence-electron chi connectivity index (χ3n) is 4.31. The van der Waals surface area contributed by atoms with Crippen molar-refractivity contribution in [2.75, 3.05) is 13.1 Å². The van der Waals surface area contributed by atoms with E-state index in [1.807, 2.05) is 17.0 Å². The number of piperidine rings is 1. The molecule has 0 atom stereocenters. The lowest BCUT2D eigenvalue weighted by Gasteiger charge is -2.32. The van der Waals surface area contributed by atoms with Crippen molar-refractivity contribution < 1.29 is 14.7 Å². The van der Waals surface area contributed by atoms with Crippen LogP contribution in [0.5, 0.6) is 0 Å². The molecule has 1 heterocycles. The van der Waals surface area contributed by atoms with Crippen LogP contribution in [0.1, 0.15) is 49.0 Å². The molecule has 0 aromatic heterocycles. The van der Waals surface area contributed by atoms with E-state index in [1.54, 1.807) is 12.1 Å². The molecule has 0 saturated carbocycles. The first-order chi connectivity index (χ1) is 10.5. The van der Waals surface area contributed by atoms with Gasteiger partial charge in [-0.15, -0.1) is 0 Å². The quantitative estimate of drug-likeness (QED) is 0.908. The predicted molar refractivity (Wildman–Crippen MR) is 85.9 cm³/mol. The second-order valence-electron chi connectivity index (χ2n) is 6.59. The molecule has 0 spiro atoms. The standard InChI is InChI=1S/C18H25NO3/c1-13(2)11-17(20)19-9-7-14(8-10-19)12-15-5-3-4-6-16(15)18(21)22/h3-6,13-14H,7-12H2,1-2H3,(H,21,22). The van der Waals surface area contributed by atoms with Gasteiger partial charge in [-0.2, -0.15) is 0 Å². The van der Waals surface area contributed by atoms with Crippen LogP contribution in [0.4, 0.5) is 0 Å². The Balaban J connectivity index is 1.90. The highest BCUT2D eigenvalue weighted by Crippen LogP contribution is 2.24. The minimum Gasteiger partial charge on any atom is -0.478 e. The lowest BCUT2D eigenvalue weighted by atomic mass is 9.88. The number of rotatable bonds is 5. The zero-order chi connectivity index (χ0) is 16.1. The van der Waals surface area contributed by atoms with Crippen LogP contribution in [0.2, 0.25) is 0 Å². The Morgan fingerprint density at radius 1 is 1.23 bits per heavy atom. The molecule has 1 aromatic rings. The van der Waals surface area contributed by atoms with E-state index in [0.717, 1.165) is 37.9 Å². The third-order valence-corrected chi connectivity index (χ3v) is 4.31. The maximum atomic E-state index is 12.1. The molecule has 1 aromatic carbocycles. The van der Waals surface area contributed by atoms with E-state index in [0.29, 0.717) is 23.8 Å².